The van der Waals surface area contributed by atoms with Gasteiger partial charge in [0.05, 0.1) is 11.7 Å². The van der Waals surface area contributed by atoms with Gasteiger partial charge in [0, 0.05) is 20.1 Å². The van der Waals surface area contributed by atoms with Crippen molar-refractivity contribution >= 4 is 0 Å². The first-order valence-electron chi connectivity index (χ1n) is 9.52. The largest absolute Gasteiger partial charge is 0.389 e. The molecule has 5 atom stereocenters. The van der Waals surface area contributed by atoms with E-state index in [4.69, 9.17) is 14.2 Å². The summed E-state index contributed by atoms with van der Waals surface area (Å²) in [5.41, 5.74) is 2.19. The molecule has 1 aliphatic heterocycles. The van der Waals surface area contributed by atoms with Gasteiger partial charge >= 0.3 is 0 Å². The number of methoxy groups -OCH3 is 2. The minimum atomic E-state index is -0.894. The van der Waals surface area contributed by atoms with E-state index in [0.717, 1.165) is 29.6 Å². The first-order valence-corrected chi connectivity index (χ1v) is 9.52. The van der Waals surface area contributed by atoms with Crippen molar-refractivity contribution in [1.82, 2.24) is 0 Å². The normalized spacial score (nSPS) is 34.8. The predicted octanol–water partition coefficient (Wildman–Crippen LogP) is 3.49. The van der Waals surface area contributed by atoms with E-state index in [9.17, 15) is 10.2 Å². The quantitative estimate of drug-likeness (QED) is 0.733. The van der Waals surface area contributed by atoms with Crippen LogP contribution in [-0.4, -0.2) is 48.7 Å². The van der Waals surface area contributed by atoms with Crippen LogP contribution in [0, 0.1) is 11.8 Å². The number of rotatable bonds is 4. The summed E-state index contributed by atoms with van der Waals surface area (Å²) in [7, 11) is 3.24. The minimum Gasteiger partial charge on any atom is -0.389 e. The monoisotopic (exact) mass is 378 g/mol. The molecule has 5 unspecified atom stereocenters. The van der Waals surface area contributed by atoms with Gasteiger partial charge in [-0.3, -0.25) is 0 Å². The molecule has 0 aromatic heterocycles. The molecule has 1 saturated heterocycles. The van der Waals surface area contributed by atoms with Crippen LogP contribution in [0.2, 0.25) is 0 Å². The fraction of sp³-hybridized carbons (Fsp3) is 0.636. The fourth-order valence-corrected chi connectivity index (χ4v) is 3.93. The summed E-state index contributed by atoms with van der Waals surface area (Å²) in [6.45, 7) is 9.75. The number of allylic oxidation sites excluding steroid dienone is 3. The van der Waals surface area contributed by atoms with Gasteiger partial charge in [0.15, 0.2) is 12.6 Å². The minimum absolute atomic E-state index is 0.0721. The summed E-state index contributed by atoms with van der Waals surface area (Å²) >= 11 is 0. The van der Waals surface area contributed by atoms with Crippen LogP contribution < -0.4 is 0 Å². The van der Waals surface area contributed by atoms with Crippen molar-refractivity contribution in [1.29, 1.82) is 0 Å². The zero-order chi connectivity index (χ0) is 20.2. The number of fused-ring (bicyclic) bond motifs is 1. The lowest BCUT2D eigenvalue weighted by molar-refractivity contribution is -0.256. The Labute approximate surface area is 163 Å². The summed E-state index contributed by atoms with van der Waals surface area (Å²) in [5.74, 6) is 0.0402. The molecule has 1 heterocycles. The second-order valence-corrected chi connectivity index (χ2v) is 8.10. The third kappa shape index (κ3) is 5.87. The molecule has 27 heavy (non-hydrogen) atoms. The molecule has 0 radical (unpaired) electrons. The third-order valence-corrected chi connectivity index (χ3v) is 5.19. The average Bonchev–Trinajstić information content (AvgIpc) is 2.62. The van der Waals surface area contributed by atoms with E-state index >= 15 is 0 Å². The molecular formula is C22H34O5. The van der Waals surface area contributed by atoms with E-state index in [-0.39, 0.29) is 11.8 Å². The van der Waals surface area contributed by atoms with E-state index in [1.165, 1.54) is 0 Å². The molecule has 5 nitrogen and oxygen atoms in total. The molecule has 0 amide bonds. The predicted molar refractivity (Wildman–Crippen MR) is 106 cm³/mol. The zero-order valence-corrected chi connectivity index (χ0v) is 17.1. The highest BCUT2D eigenvalue weighted by molar-refractivity contribution is 5.27. The van der Waals surface area contributed by atoms with Crippen molar-refractivity contribution in [3.05, 3.63) is 47.6 Å². The van der Waals surface area contributed by atoms with Crippen LogP contribution in [0.15, 0.2) is 47.6 Å². The Kier molecular flexibility index (Phi) is 7.60. The lowest BCUT2D eigenvalue weighted by Crippen LogP contribution is -2.45. The number of aliphatic hydroxyl groups is 2. The second kappa shape index (κ2) is 9.30. The van der Waals surface area contributed by atoms with Crippen LogP contribution in [0.25, 0.3) is 0 Å². The molecule has 1 fully saturated rings. The Morgan fingerprint density at radius 3 is 2.59 bits per heavy atom. The van der Waals surface area contributed by atoms with Gasteiger partial charge in [-0.1, -0.05) is 42.0 Å². The maximum absolute atomic E-state index is 10.3. The Bertz CT molecular complexity index is 611. The van der Waals surface area contributed by atoms with Crippen LogP contribution in [0.3, 0.4) is 0 Å². The number of ether oxygens (including phenoxy) is 3. The molecular weight excluding hydrogens is 344 g/mol. The van der Waals surface area contributed by atoms with Crippen LogP contribution in [0.4, 0.5) is 0 Å². The molecule has 0 spiro atoms. The molecule has 0 aromatic carbocycles. The maximum atomic E-state index is 10.3. The highest BCUT2D eigenvalue weighted by Crippen LogP contribution is 2.44. The van der Waals surface area contributed by atoms with Crippen molar-refractivity contribution in [3.63, 3.8) is 0 Å². The van der Waals surface area contributed by atoms with Crippen molar-refractivity contribution < 1.29 is 24.4 Å². The average molecular weight is 379 g/mol. The molecule has 2 rings (SSSR count). The zero-order valence-electron chi connectivity index (χ0n) is 17.1. The van der Waals surface area contributed by atoms with E-state index in [2.05, 4.69) is 6.58 Å². The first kappa shape index (κ1) is 22.1. The SMILES string of the molecule is C=C1CC(O)C=C(C)CCC2C(=CC=CC(C)(C)O)C(OC)OC(OC)C12. The second-order valence-electron chi connectivity index (χ2n) is 8.10. The van der Waals surface area contributed by atoms with E-state index in [0.29, 0.717) is 6.42 Å². The summed E-state index contributed by atoms with van der Waals surface area (Å²) in [4.78, 5) is 0. The van der Waals surface area contributed by atoms with E-state index in [1.54, 1.807) is 34.1 Å². The Morgan fingerprint density at radius 1 is 1.30 bits per heavy atom. The summed E-state index contributed by atoms with van der Waals surface area (Å²) in [5, 5.41) is 20.3. The smallest absolute Gasteiger partial charge is 0.183 e. The van der Waals surface area contributed by atoms with Crippen LogP contribution in [0.1, 0.15) is 40.0 Å². The van der Waals surface area contributed by atoms with Crippen LogP contribution >= 0.6 is 0 Å². The maximum Gasteiger partial charge on any atom is 0.183 e. The summed E-state index contributed by atoms with van der Waals surface area (Å²) in [6, 6.07) is 0. The molecule has 2 N–H and O–H groups in total. The lowest BCUT2D eigenvalue weighted by Gasteiger charge is -2.43. The molecule has 152 valence electrons. The number of hydrogen-bond acceptors (Lipinski definition) is 5. The van der Waals surface area contributed by atoms with Gasteiger partial charge in [-0.05, 0) is 51.5 Å². The highest BCUT2D eigenvalue weighted by Gasteiger charge is 2.43. The van der Waals surface area contributed by atoms with E-state index < -0.39 is 24.3 Å². The lowest BCUT2D eigenvalue weighted by atomic mass is 9.75. The molecule has 2 aliphatic rings. The standard InChI is InChI=1S/C22H34O5/c1-14-9-10-17-18(8-7-11-22(3,4)24)20(25-5)27-21(26-6)19(17)15(2)13-16(23)12-14/h7-8,11-12,16-17,19-21,23-24H,2,9-10,13H2,1,3-6H3. The molecule has 5 heteroatoms. The van der Waals surface area contributed by atoms with Gasteiger partial charge in [-0.15, -0.1) is 0 Å². The number of hydrogen-bond donors (Lipinski definition) is 2. The Morgan fingerprint density at radius 2 is 2.00 bits per heavy atom. The van der Waals surface area contributed by atoms with Gasteiger partial charge in [-0.2, -0.15) is 0 Å². The number of aliphatic hydroxyl groups excluding tert-OH is 1. The molecule has 0 aromatic rings. The topological polar surface area (TPSA) is 68.2 Å². The van der Waals surface area contributed by atoms with Crippen molar-refractivity contribution in [2.45, 2.75) is 64.3 Å². The summed E-state index contributed by atoms with van der Waals surface area (Å²) in [6.07, 6.45) is 8.15. The van der Waals surface area contributed by atoms with Crippen LogP contribution in [-0.2, 0) is 14.2 Å². The van der Waals surface area contributed by atoms with E-state index in [1.807, 2.05) is 25.2 Å². The van der Waals surface area contributed by atoms with Gasteiger partial charge in [0.2, 0.25) is 0 Å². The van der Waals surface area contributed by atoms with Crippen molar-refractivity contribution in [3.8, 4) is 0 Å². The summed E-state index contributed by atoms with van der Waals surface area (Å²) < 4.78 is 17.3. The van der Waals surface area contributed by atoms with Crippen molar-refractivity contribution in [2.24, 2.45) is 11.8 Å². The Hall–Kier alpha value is -1.24. The van der Waals surface area contributed by atoms with Gasteiger partial charge in [0.25, 0.3) is 0 Å². The fourth-order valence-electron chi connectivity index (χ4n) is 3.93. The first-order chi connectivity index (χ1) is 12.7. The van der Waals surface area contributed by atoms with Crippen LogP contribution in [0.5, 0.6) is 0 Å². The molecule has 0 saturated carbocycles. The Balaban J connectivity index is 2.45. The third-order valence-electron chi connectivity index (χ3n) is 5.19. The van der Waals surface area contributed by atoms with Gasteiger partial charge in [0.1, 0.15) is 0 Å². The van der Waals surface area contributed by atoms with Gasteiger partial charge < -0.3 is 24.4 Å². The molecule has 1 aliphatic carbocycles. The molecule has 0 bridgehead atoms. The van der Waals surface area contributed by atoms with Gasteiger partial charge in [-0.25, -0.2) is 0 Å². The van der Waals surface area contributed by atoms with Crippen molar-refractivity contribution in [2.75, 3.05) is 14.2 Å². The highest BCUT2D eigenvalue weighted by atomic mass is 16.8.